The summed E-state index contributed by atoms with van der Waals surface area (Å²) in [7, 11) is 0. The molecule has 37 heavy (non-hydrogen) atoms. The van der Waals surface area contributed by atoms with Crippen molar-refractivity contribution in [2.75, 3.05) is 18.1 Å². The molecule has 4 rings (SSSR count). The summed E-state index contributed by atoms with van der Waals surface area (Å²) in [5.41, 5.74) is -0.752. The average molecular weight is 521 g/mol. The minimum atomic E-state index is -4.71. The Kier molecular flexibility index (Phi) is 7.00. The van der Waals surface area contributed by atoms with E-state index >= 15 is 4.39 Å². The minimum absolute atomic E-state index is 0.0213. The lowest BCUT2D eigenvalue weighted by atomic mass is 9.96. The van der Waals surface area contributed by atoms with E-state index < -0.39 is 42.6 Å². The van der Waals surface area contributed by atoms with Gasteiger partial charge in [0, 0.05) is 10.8 Å². The first-order chi connectivity index (χ1) is 17.5. The van der Waals surface area contributed by atoms with Crippen molar-refractivity contribution in [3.8, 4) is 11.5 Å². The third-order valence-corrected chi connectivity index (χ3v) is 6.10. The molecule has 0 radical (unpaired) electrons. The molecule has 0 saturated heterocycles. The predicted molar refractivity (Wildman–Crippen MR) is 126 cm³/mol. The number of ether oxygens (including phenoxy) is 2. The molecule has 1 aliphatic rings. The number of alkyl halides is 3. The van der Waals surface area contributed by atoms with Gasteiger partial charge in [0.2, 0.25) is 0 Å². The number of aliphatic hydroxyl groups is 1. The second kappa shape index (κ2) is 9.89. The molecular formula is C26H23F4NO6. The molecule has 0 aliphatic carbocycles. The fraction of sp³-hybridized carbons (Fsp3) is 0.308. The third-order valence-electron chi connectivity index (χ3n) is 6.10. The molecule has 196 valence electrons. The number of fused-ring (bicyclic) bond motifs is 2. The Morgan fingerprint density at radius 2 is 1.73 bits per heavy atom. The van der Waals surface area contributed by atoms with Gasteiger partial charge in [-0.05, 0) is 31.0 Å². The first-order valence-electron chi connectivity index (χ1n) is 11.4. The zero-order chi connectivity index (χ0) is 27.1. The Bertz CT molecular complexity index is 1370. The number of carbonyl (C=O) groups excluding carboxylic acids is 1. The lowest BCUT2D eigenvalue weighted by Gasteiger charge is -2.23. The number of rotatable bonds is 8. The van der Waals surface area contributed by atoms with Crippen LogP contribution in [-0.2, 0) is 4.79 Å². The quantitative estimate of drug-likeness (QED) is 0.378. The van der Waals surface area contributed by atoms with Gasteiger partial charge in [-0.25, -0.2) is 4.39 Å². The van der Waals surface area contributed by atoms with Crippen LogP contribution < -0.4 is 14.4 Å². The predicted octanol–water partition coefficient (Wildman–Crippen LogP) is 5.55. The van der Waals surface area contributed by atoms with Crippen molar-refractivity contribution in [2.45, 2.75) is 38.6 Å². The molecule has 1 amide bonds. The van der Waals surface area contributed by atoms with E-state index in [0.717, 1.165) is 12.1 Å². The van der Waals surface area contributed by atoms with Crippen LogP contribution in [0.25, 0.3) is 10.8 Å². The number of hydrogen-bond donors (Lipinski definition) is 2. The Balaban J connectivity index is 1.90. The first-order valence-corrected chi connectivity index (χ1v) is 11.4. The highest BCUT2D eigenvalue weighted by Gasteiger charge is 2.45. The van der Waals surface area contributed by atoms with Crippen LogP contribution in [0, 0.1) is 5.82 Å². The maximum Gasteiger partial charge on any atom is 0.422 e. The van der Waals surface area contributed by atoms with Crippen LogP contribution in [0.2, 0.25) is 0 Å². The van der Waals surface area contributed by atoms with E-state index in [2.05, 4.69) is 0 Å². The van der Waals surface area contributed by atoms with E-state index in [4.69, 9.17) is 9.47 Å². The monoisotopic (exact) mass is 521 g/mol. The summed E-state index contributed by atoms with van der Waals surface area (Å²) >= 11 is 0. The molecule has 7 nitrogen and oxygen atoms in total. The Morgan fingerprint density at radius 1 is 1.08 bits per heavy atom. The highest BCUT2D eigenvalue weighted by molar-refractivity contribution is 6.17. The molecule has 0 fully saturated rings. The minimum Gasteiger partial charge on any atom is -0.492 e. The van der Waals surface area contributed by atoms with Crippen LogP contribution in [0.1, 0.15) is 53.9 Å². The van der Waals surface area contributed by atoms with Gasteiger partial charge in [0.05, 0.1) is 29.3 Å². The smallest absolute Gasteiger partial charge is 0.422 e. The average Bonchev–Trinajstić information content (AvgIpc) is 3.08. The number of amides is 1. The third kappa shape index (κ3) is 4.66. The van der Waals surface area contributed by atoms with E-state index in [9.17, 15) is 33.0 Å². The first kappa shape index (κ1) is 26.2. The van der Waals surface area contributed by atoms with Crippen LogP contribution in [0.5, 0.6) is 11.5 Å². The van der Waals surface area contributed by atoms with Crippen molar-refractivity contribution in [3.63, 3.8) is 0 Å². The van der Waals surface area contributed by atoms with Crippen LogP contribution in [0.15, 0.2) is 42.5 Å². The fourth-order valence-electron chi connectivity index (χ4n) is 4.55. The van der Waals surface area contributed by atoms with E-state index in [1.165, 1.54) is 18.2 Å². The highest BCUT2D eigenvalue weighted by Crippen LogP contribution is 2.50. The second-order valence-electron chi connectivity index (χ2n) is 8.39. The van der Waals surface area contributed by atoms with Gasteiger partial charge in [0.25, 0.3) is 5.91 Å². The topological polar surface area (TPSA) is 96.3 Å². The molecule has 3 aromatic rings. The van der Waals surface area contributed by atoms with Crippen molar-refractivity contribution < 1.29 is 46.8 Å². The number of carboxylic acids is 1. The number of aliphatic carboxylic acids is 1. The summed E-state index contributed by atoms with van der Waals surface area (Å²) in [5.74, 6) is -4.39. The van der Waals surface area contributed by atoms with Gasteiger partial charge < -0.3 is 19.7 Å². The zero-order valence-electron chi connectivity index (χ0n) is 19.8. The number of carbonyl (C=O) groups is 2. The number of aliphatic hydroxyl groups excluding tert-OH is 1. The summed E-state index contributed by atoms with van der Waals surface area (Å²) in [5, 5.41) is 21.0. The number of halogens is 4. The fourth-order valence-corrected chi connectivity index (χ4v) is 4.55. The summed E-state index contributed by atoms with van der Waals surface area (Å²) in [4.78, 5) is 25.8. The Hall–Kier alpha value is -3.86. The standard InChI is InChI=1S/C26H23F4NO6/c1-3-14(25(34)35)13-9-10-18(17(27)11-13)31-23(32)19-20(24(31)33)22(37-12-26(28,29)30)16-8-6-5-7-15(16)21(19)36-4-2/h5-11,14,24,33H,3-4,12H2,1-2H3,(H,34,35). The number of anilines is 1. The second-order valence-corrected chi connectivity index (χ2v) is 8.39. The molecular weight excluding hydrogens is 498 g/mol. The molecule has 0 bridgehead atoms. The summed E-state index contributed by atoms with van der Waals surface area (Å²) < 4.78 is 65.3. The maximum atomic E-state index is 15.3. The maximum absolute atomic E-state index is 15.3. The molecule has 0 saturated carbocycles. The van der Waals surface area contributed by atoms with Crippen molar-refractivity contribution in [1.82, 2.24) is 0 Å². The van der Waals surface area contributed by atoms with Crippen molar-refractivity contribution in [3.05, 3.63) is 65.0 Å². The van der Waals surface area contributed by atoms with Gasteiger partial charge in [-0.1, -0.05) is 37.3 Å². The van der Waals surface area contributed by atoms with E-state index in [1.807, 2.05) is 0 Å². The van der Waals surface area contributed by atoms with Gasteiger partial charge in [-0.2, -0.15) is 13.2 Å². The molecule has 3 aromatic carbocycles. The normalized spacial score (nSPS) is 16.1. The van der Waals surface area contributed by atoms with Gasteiger partial charge >= 0.3 is 12.1 Å². The molecule has 0 aromatic heterocycles. The van der Waals surface area contributed by atoms with Crippen LogP contribution in [0.3, 0.4) is 0 Å². The summed E-state index contributed by atoms with van der Waals surface area (Å²) in [6.45, 7) is 1.68. The number of carboxylic acid groups (broad SMARTS) is 1. The van der Waals surface area contributed by atoms with Crippen molar-refractivity contribution in [1.29, 1.82) is 0 Å². The Morgan fingerprint density at radius 3 is 2.27 bits per heavy atom. The van der Waals surface area contributed by atoms with Crippen molar-refractivity contribution in [2.24, 2.45) is 0 Å². The molecule has 11 heteroatoms. The molecule has 0 spiro atoms. The highest BCUT2D eigenvalue weighted by atomic mass is 19.4. The van der Waals surface area contributed by atoms with Crippen molar-refractivity contribution >= 4 is 28.3 Å². The van der Waals surface area contributed by atoms with E-state index in [-0.39, 0.29) is 57.7 Å². The zero-order valence-corrected chi connectivity index (χ0v) is 19.8. The van der Waals surface area contributed by atoms with E-state index in [1.54, 1.807) is 26.0 Å². The van der Waals surface area contributed by atoms with Crippen LogP contribution in [0.4, 0.5) is 23.2 Å². The van der Waals surface area contributed by atoms with Crippen LogP contribution >= 0.6 is 0 Å². The molecule has 1 aliphatic heterocycles. The SMILES string of the molecule is CCOc1c2c(c(OCC(F)(F)F)c3ccccc13)C(O)N(c1ccc(C(CC)C(=O)O)cc1F)C2=O. The number of hydrogen-bond acceptors (Lipinski definition) is 5. The largest absolute Gasteiger partial charge is 0.492 e. The molecule has 2 unspecified atom stereocenters. The lowest BCUT2D eigenvalue weighted by Crippen LogP contribution is -2.29. The molecule has 2 atom stereocenters. The molecule has 2 N–H and O–H groups in total. The number of nitrogens with zero attached hydrogens (tertiary/aromatic N) is 1. The van der Waals surface area contributed by atoms with E-state index in [0.29, 0.717) is 4.90 Å². The summed E-state index contributed by atoms with van der Waals surface area (Å²) in [6.07, 6.45) is -6.42. The Labute approximate surface area is 208 Å². The number of benzene rings is 3. The summed E-state index contributed by atoms with van der Waals surface area (Å²) in [6, 6.07) is 9.59. The van der Waals surface area contributed by atoms with Gasteiger partial charge in [-0.3, -0.25) is 14.5 Å². The van der Waals surface area contributed by atoms with Gasteiger partial charge in [-0.15, -0.1) is 0 Å². The van der Waals surface area contributed by atoms with Gasteiger partial charge in [0.15, 0.2) is 12.8 Å². The lowest BCUT2D eigenvalue weighted by molar-refractivity contribution is -0.153. The van der Waals surface area contributed by atoms with Gasteiger partial charge in [0.1, 0.15) is 17.3 Å². The molecule has 1 heterocycles. The van der Waals surface area contributed by atoms with Crippen LogP contribution in [-0.4, -0.2) is 41.5 Å².